The molecule has 0 bridgehead atoms. The Balaban J connectivity index is 3.02. The second-order valence-electron chi connectivity index (χ2n) is 1.44. The van der Waals surface area contributed by atoms with Gasteiger partial charge in [0, 0.05) is 0 Å². The number of terminal acetylenes is 1. The first-order chi connectivity index (χ1) is 3.81. The summed E-state index contributed by atoms with van der Waals surface area (Å²) in [5, 5.41) is 0. The molecule has 0 aromatic heterocycles. The fourth-order valence-corrected chi connectivity index (χ4v) is 0.242. The van der Waals surface area contributed by atoms with Crippen LogP contribution in [0.3, 0.4) is 0 Å². The van der Waals surface area contributed by atoms with Crippen LogP contribution in [0.5, 0.6) is 0 Å². The van der Waals surface area contributed by atoms with Crippen LogP contribution in [0.1, 0.15) is 13.8 Å². The van der Waals surface area contributed by atoms with E-state index in [4.69, 9.17) is 11.3 Å². The van der Waals surface area contributed by atoms with Crippen LogP contribution in [0.2, 0.25) is 0 Å². The Kier molecular flexibility index (Phi) is 4.33. The molecule has 2 nitrogen and oxygen atoms in total. The number of rotatable bonds is 3. The van der Waals surface area contributed by atoms with Gasteiger partial charge in [0.25, 0.3) is 0 Å². The van der Waals surface area contributed by atoms with Crippen molar-refractivity contribution in [3.63, 3.8) is 0 Å². The topological polar surface area (TPSA) is 21.3 Å². The maximum absolute atomic E-state index is 5.02. The molecule has 0 spiro atoms. The highest BCUT2D eigenvalue weighted by molar-refractivity contribution is 4.93. The summed E-state index contributed by atoms with van der Waals surface area (Å²) in [6, 6.07) is 0.00921. The molecule has 1 unspecified atom stereocenters. The van der Waals surface area contributed by atoms with Crippen molar-refractivity contribution in [1.29, 1.82) is 0 Å². The van der Waals surface area contributed by atoms with Crippen molar-refractivity contribution in [2.75, 3.05) is 6.61 Å². The van der Waals surface area contributed by atoms with Crippen molar-refractivity contribution < 1.29 is 4.84 Å². The second-order valence-corrected chi connectivity index (χ2v) is 1.44. The Morgan fingerprint density at radius 3 is 2.88 bits per heavy atom. The molecule has 0 radical (unpaired) electrons. The van der Waals surface area contributed by atoms with Crippen molar-refractivity contribution in [3.05, 3.63) is 0 Å². The van der Waals surface area contributed by atoms with Gasteiger partial charge in [-0.05, 0) is 13.8 Å². The van der Waals surface area contributed by atoms with E-state index in [9.17, 15) is 0 Å². The van der Waals surface area contributed by atoms with Crippen molar-refractivity contribution in [2.24, 2.45) is 0 Å². The Bertz CT molecular complexity index is 85.0. The SMILES string of the molecule is C#CC(C)NOCC. The highest BCUT2D eigenvalue weighted by atomic mass is 16.6. The number of hydrogen-bond acceptors (Lipinski definition) is 2. The van der Waals surface area contributed by atoms with Crippen LogP contribution in [0.25, 0.3) is 0 Å². The predicted octanol–water partition coefficient (Wildman–Crippen LogP) is 0.549. The zero-order valence-corrected chi connectivity index (χ0v) is 5.27. The number of hydrogen-bond donors (Lipinski definition) is 1. The summed E-state index contributed by atoms with van der Waals surface area (Å²) < 4.78 is 0. The van der Waals surface area contributed by atoms with E-state index in [1.807, 2.05) is 13.8 Å². The van der Waals surface area contributed by atoms with Crippen LogP contribution >= 0.6 is 0 Å². The zero-order valence-electron chi connectivity index (χ0n) is 5.27. The third-order valence-corrected chi connectivity index (χ3v) is 0.654. The van der Waals surface area contributed by atoms with Crippen molar-refractivity contribution in [1.82, 2.24) is 5.48 Å². The Labute approximate surface area is 50.2 Å². The van der Waals surface area contributed by atoms with Crippen LogP contribution in [0.4, 0.5) is 0 Å². The molecule has 1 N–H and O–H groups in total. The van der Waals surface area contributed by atoms with Crippen LogP contribution in [-0.4, -0.2) is 12.6 Å². The fraction of sp³-hybridized carbons (Fsp3) is 0.667. The van der Waals surface area contributed by atoms with Crippen molar-refractivity contribution in [2.45, 2.75) is 19.9 Å². The average Bonchev–Trinajstić information content (AvgIpc) is 1.83. The summed E-state index contributed by atoms with van der Waals surface area (Å²) in [4.78, 5) is 4.79. The minimum atomic E-state index is 0.00921. The predicted molar refractivity (Wildman–Crippen MR) is 33.1 cm³/mol. The van der Waals surface area contributed by atoms with Gasteiger partial charge in [-0.15, -0.1) is 6.42 Å². The first-order valence-corrected chi connectivity index (χ1v) is 2.64. The third-order valence-electron chi connectivity index (χ3n) is 0.654. The lowest BCUT2D eigenvalue weighted by molar-refractivity contribution is 0.0412. The first-order valence-electron chi connectivity index (χ1n) is 2.64. The van der Waals surface area contributed by atoms with E-state index in [-0.39, 0.29) is 6.04 Å². The normalized spacial score (nSPS) is 12.6. The summed E-state index contributed by atoms with van der Waals surface area (Å²) in [6.45, 7) is 4.40. The number of nitrogens with one attached hydrogen (secondary N) is 1. The first kappa shape index (κ1) is 7.48. The monoisotopic (exact) mass is 113 g/mol. The summed E-state index contributed by atoms with van der Waals surface area (Å²) in [7, 11) is 0. The van der Waals surface area contributed by atoms with Gasteiger partial charge in [-0.1, -0.05) is 5.92 Å². The van der Waals surface area contributed by atoms with Gasteiger partial charge in [-0.25, -0.2) is 0 Å². The Morgan fingerprint density at radius 1 is 1.88 bits per heavy atom. The van der Waals surface area contributed by atoms with Gasteiger partial charge in [0.15, 0.2) is 0 Å². The molecule has 1 atom stereocenters. The molecule has 0 amide bonds. The molecule has 0 aliphatic heterocycles. The van der Waals surface area contributed by atoms with Gasteiger partial charge in [0.2, 0.25) is 0 Å². The molecule has 0 saturated heterocycles. The van der Waals surface area contributed by atoms with Gasteiger partial charge < -0.3 is 4.84 Å². The lowest BCUT2D eigenvalue weighted by Crippen LogP contribution is -2.24. The van der Waals surface area contributed by atoms with E-state index in [2.05, 4.69) is 11.4 Å². The molecule has 46 valence electrons. The minimum Gasteiger partial charge on any atom is -0.301 e. The molecule has 0 aliphatic rings. The number of hydroxylamine groups is 1. The largest absolute Gasteiger partial charge is 0.301 e. The van der Waals surface area contributed by atoms with Crippen LogP contribution in [0, 0.1) is 12.3 Å². The molecule has 0 aliphatic carbocycles. The summed E-state index contributed by atoms with van der Waals surface area (Å²) >= 11 is 0. The lowest BCUT2D eigenvalue weighted by Gasteiger charge is -2.03. The van der Waals surface area contributed by atoms with E-state index < -0.39 is 0 Å². The Morgan fingerprint density at radius 2 is 2.50 bits per heavy atom. The fourth-order valence-electron chi connectivity index (χ4n) is 0.242. The smallest absolute Gasteiger partial charge is 0.0897 e. The van der Waals surface area contributed by atoms with Gasteiger partial charge in [-0.3, -0.25) is 0 Å². The molecule has 0 aromatic carbocycles. The maximum Gasteiger partial charge on any atom is 0.0897 e. The molecule has 0 saturated carbocycles. The summed E-state index contributed by atoms with van der Waals surface area (Å²) in [5.41, 5.74) is 2.65. The molecular formula is C6H11NO. The molecule has 0 rings (SSSR count). The van der Waals surface area contributed by atoms with E-state index in [1.165, 1.54) is 0 Å². The molecule has 0 heterocycles. The molecule has 0 fully saturated rings. The maximum atomic E-state index is 5.02. The van der Waals surface area contributed by atoms with E-state index >= 15 is 0 Å². The molecule has 0 aromatic rings. The minimum absolute atomic E-state index is 0.00921. The van der Waals surface area contributed by atoms with Gasteiger partial charge >= 0.3 is 0 Å². The van der Waals surface area contributed by atoms with E-state index in [0.29, 0.717) is 6.61 Å². The molecule has 2 heteroatoms. The van der Waals surface area contributed by atoms with Gasteiger partial charge in [-0.2, -0.15) is 5.48 Å². The average molecular weight is 113 g/mol. The van der Waals surface area contributed by atoms with Gasteiger partial charge in [0.05, 0.1) is 12.6 Å². The highest BCUT2D eigenvalue weighted by Crippen LogP contribution is 1.74. The van der Waals surface area contributed by atoms with Gasteiger partial charge in [0.1, 0.15) is 0 Å². The van der Waals surface area contributed by atoms with Crippen molar-refractivity contribution >= 4 is 0 Å². The quantitative estimate of drug-likeness (QED) is 0.426. The van der Waals surface area contributed by atoms with Crippen molar-refractivity contribution in [3.8, 4) is 12.3 Å². The van der Waals surface area contributed by atoms with Crippen LogP contribution in [-0.2, 0) is 4.84 Å². The van der Waals surface area contributed by atoms with E-state index in [0.717, 1.165) is 0 Å². The molecular weight excluding hydrogens is 102 g/mol. The molecule has 8 heavy (non-hydrogen) atoms. The van der Waals surface area contributed by atoms with Crippen LogP contribution < -0.4 is 5.48 Å². The Hall–Kier alpha value is -0.520. The lowest BCUT2D eigenvalue weighted by atomic mass is 10.4. The van der Waals surface area contributed by atoms with Crippen LogP contribution in [0.15, 0.2) is 0 Å². The standard InChI is InChI=1S/C6H11NO/c1-4-6(3)7-8-5-2/h1,6-7H,5H2,2-3H3. The second kappa shape index (κ2) is 4.63. The summed E-state index contributed by atoms with van der Waals surface area (Å²) in [5.74, 6) is 2.46. The highest BCUT2D eigenvalue weighted by Gasteiger charge is 1.89. The third kappa shape index (κ3) is 3.66. The summed E-state index contributed by atoms with van der Waals surface area (Å²) in [6.07, 6.45) is 5.02. The van der Waals surface area contributed by atoms with E-state index in [1.54, 1.807) is 0 Å². The zero-order chi connectivity index (χ0) is 6.41.